The Morgan fingerprint density at radius 2 is 1.92 bits per heavy atom. The highest BCUT2D eigenvalue weighted by Gasteiger charge is 2.12. The zero-order chi connectivity index (χ0) is 17.2. The molecule has 0 aliphatic heterocycles. The van der Waals surface area contributed by atoms with E-state index >= 15 is 0 Å². The fourth-order valence-corrected chi connectivity index (χ4v) is 3.13. The number of fused-ring (bicyclic) bond motifs is 2. The van der Waals surface area contributed by atoms with Crippen molar-refractivity contribution in [2.45, 2.75) is 19.3 Å². The molecule has 5 heteroatoms. The number of nitrogens with one attached hydrogen (secondary N) is 1. The number of hydrogen-bond acceptors (Lipinski definition) is 4. The smallest absolute Gasteiger partial charge is 0.336 e. The Labute approximate surface area is 144 Å². The summed E-state index contributed by atoms with van der Waals surface area (Å²) < 4.78 is 10.7. The topological polar surface area (TPSA) is 68.5 Å². The van der Waals surface area contributed by atoms with Crippen LogP contribution in [0.5, 0.6) is 5.75 Å². The maximum atomic E-state index is 12.1. The molecule has 1 heterocycles. The van der Waals surface area contributed by atoms with Gasteiger partial charge in [-0.1, -0.05) is 6.07 Å². The molecule has 25 heavy (non-hydrogen) atoms. The Morgan fingerprint density at radius 3 is 2.84 bits per heavy atom. The second-order valence-corrected chi connectivity index (χ2v) is 6.13. The molecule has 0 atom stereocenters. The molecule has 0 bridgehead atoms. The predicted molar refractivity (Wildman–Crippen MR) is 95.1 cm³/mol. The number of amides is 1. The highest BCUT2D eigenvalue weighted by atomic mass is 16.5. The molecule has 2 aromatic carbocycles. The summed E-state index contributed by atoms with van der Waals surface area (Å²) in [5, 5.41) is 3.53. The Balaban J connectivity index is 1.40. The van der Waals surface area contributed by atoms with Gasteiger partial charge in [-0.2, -0.15) is 0 Å². The van der Waals surface area contributed by atoms with Gasteiger partial charge in [-0.05, 0) is 66.8 Å². The van der Waals surface area contributed by atoms with E-state index in [1.165, 1.54) is 23.6 Å². The average molecular weight is 335 g/mol. The van der Waals surface area contributed by atoms with Crippen molar-refractivity contribution in [2.75, 3.05) is 11.9 Å². The third-order valence-electron chi connectivity index (χ3n) is 4.34. The van der Waals surface area contributed by atoms with E-state index in [0.29, 0.717) is 11.3 Å². The number of anilines is 1. The zero-order valence-corrected chi connectivity index (χ0v) is 13.6. The van der Waals surface area contributed by atoms with E-state index in [-0.39, 0.29) is 12.5 Å². The second-order valence-electron chi connectivity index (χ2n) is 6.13. The van der Waals surface area contributed by atoms with Gasteiger partial charge in [0, 0.05) is 17.1 Å². The molecule has 1 aromatic heterocycles. The molecule has 1 aliphatic rings. The monoisotopic (exact) mass is 335 g/mol. The van der Waals surface area contributed by atoms with Gasteiger partial charge in [-0.3, -0.25) is 4.79 Å². The van der Waals surface area contributed by atoms with E-state index in [0.717, 1.165) is 24.0 Å². The summed E-state index contributed by atoms with van der Waals surface area (Å²) in [4.78, 5) is 23.3. The van der Waals surface area contributed by atoms with Gasteiger partial charge in [0.1, 0.15) is 11.3 Å². The molecule has 3 aromatic rings. The minimum absolute atomic E-state index is 0.0549. The van der Waals surface area contributed by atoms with Gasteiger partial charge in [0.05, 0.1) is 0 Å². The first-order chi connectivity index (χ1) is 12.2. The third kappa shape index (κ3) is 3.40. The van der Waals surface area contributed by atoms with E-state index in [1.807, 2.05) is 12.1 Å². The third-order valence-corrected chi connectivity index (χ3v) is 4.34. The van der Waals surface area contributed by atoms with Crippen LogP contribution >= 0.6 is 0 Å². The second kappa shape index (κ2) is 6.43. The SMILES string of the molecule is O=C(COc1ccc2c(c1)CCC2)Nc1ccc2oc(=O)ccc2c1. The van der Waals surface area contributed by atoms with Crippen molar-refractivity contribution in [2.24, 2.45) is 0 Å². The van der Waals surface area contributed by atoms with E-state index in [1.54, 1.807) is 24.3 Å². The van der Waals surface area contributed by atoms with Gasteiger partial charge in [0.15, 0.2) is 6.61 Å². The average Bonchev–Trinajstić information content (AvgIpc) is 3.08. The Kier molecular flexibility index (Phi) is 3.98. The number of hydrogen-bond donors (Lipinski definition) is 1. The van der Waals surface area contributed by atoms with Crippen molar-refractivity contribution in [3.05, 3.63) is 70.1 Å². The first kappa shape index (κ1) is 15.4. The first-order valence-electron chi connectivity index (χ1n) is 8.26. The zero-order valence-electron chi connectivity index (χ0n) is 13.6. The summed E-state index contributed by atoms with van der Waals surface area (Å²) in [6, 6.07) is 14.1. The summed E-state index contributed by atoms with van der Waals surface area (Å²) in [6.45, 7) is -0.0549. The van der Waals surface area contributed by atoms with Gasteiger partial charge in [-0.25, -0.2) is 4.79 Å². The molecule has 1 aliphatic carbocycles. The predicted octanol–water partition coefficient (Wildman–Crippen LogP) is 3.30. The molecule has 0 radical (unpaired) electrons. The largest absolute Gasteiger partial charge is 0.484 e. The Bertz CT molecular complexity index is 1010. The first-order valence-corrected chi connectivity index (χ1v) is 8.26. The van der Waals surface area contributed by atoms with Crippen LogP contribution in [0, 0.1) is 0 Å². The van der Waals surface area contributed by atoms with Gasteiger partial charge in [0.2, 0.25) is 0 Å². The van der Waals surface area contributed by atoms with Gasteiger partial charge in [0.25, 0.3) is 5.91 Å². The number of benzene rings is 2. The molecular weight excluding hydrogens is 318 g/mol. The van der Waals surface area contributed by atoms with Crippen molar-refractivity contribution < 1.29 is 13.9 Å². The van der Waals surface area contributed by atoms with E-state index < -0.39 is 5.63 Å². The van der Waals surface area contributed by atoms with Crippen LogP contribution in [0.15, 0.2) is 57.7 Å². The van der Waals surface area contributed by atoms with Crippen molar-refractivity contribution >= 4 is 22.6 Å². The lowest BCUT2D eigenvalue weighted by Gasteiger charge is -2.09. The minimum atomic E-state index is -0.396. The minimum Gasteiger partial charge on any atom is -0.484 e. The van der Waals surface area contributed by atoms with Crippen molar-refractivity contribution in [1.29, 1.82) is 0 Å². The van der Waals surface area contributed by atoms with Crippen LogP contribution in [0.2, 0.25) is 0 Å². The molecule has 0 fully saturated rings. The Morgan fingerprint density at radius 1 is 1.04 bits per heavy atom. The lowest BCUT2D eigenvalue weighted by atomic mass is 10.1. The summed E-state index contributed by atoms with van der Waals surface area (Å²) in [6.07, 6.45) is 3.38. The van der Waals surface area contributed by atoms with Crippen LogP contribution in [0.3, 0.4) is 0 Å². The molecule has 1 N–H and O–H groups in total. The van der Waals surface area contributed by atoms with E-state index in [4.69, 9.17) is 9.15 Å². The molecule has 1 amide bonds. The molecule has 0 spiro atoms. The van der Waals surface area contributed by atoms with Gasteiger partial charge >= 0.3 is 5.63 Å². The fourth-order valence-electron chi connectivity index (χ4n) is 3.13. The molecule has 4 rings (SSSR count). The number of rotatable bonds is 4. The molecule has 0 saturated heterocycles. The number of carbonyl (C=O) groups is 1. The van der Waals surface area contributed by atoms with Crippen LogP contribution in [0.25, 0.3) is 11.0 Å². The highest BCUT2D eigenvalue weighted by molar-refractivity contribution is 5.94. The standard InChI is InChI=1S/C20H17NO4/c22-19(12-24-17-7-4-13-2-1-3-14(13)11-17)21-16-6-8-18-15(10-16)5-9-20(23)25-18/h4-11H,1-3,12H2,(H,21,22). The van der Waals surface area contributed by atoms with E-state index in [2.05, 4.69) is 11.4 Å². The normalized spacial score (nSPS) is 12.8. The van der Waals surface area contributed by atoms with Crippen LogP contribution in [0.1, 0.15) is 17.5 Å². The van der Waals surface area contributed by atoms with Crippen LogP contribution in [-0.4, -0.2) is 12.5 Å². The molecule has 0 unspecified atom stereocenters. The van der Waals surface area contributed by atoms with Crippen LogP contribution < -0.4 is 15.7 Å². The highest BCUT2D eigenvalue weighted by Crippen LogP contribution is 2.26. The van der Waals surface area contributed by atoms with Crippen LogP contribution in [-0.2, 0) is 17.6 Å². The van der Waals surface area contributed by atoms with Gasteiger partial charge in [-0.15, -0.1) is 0 Å². The summed E-state index contributed by atoms with van der Waals surface area (Å²) in [7, 11) is 0. The fraction of sp³-hybridized carbons (Fsp3) is 0.200. The summed E-state index contributed by atoms with van der Waals surface area (Å²) in [5.74, 6) is 0.480. The number of ether oxygens (including phenoxy) is 1. The quantitative estimate of drug-likeness (QED) is 0.743. The number of aryl methyl sites for hydroxylation is 2. The van der Waals surface area contributed by atoms with Crippen LogP contribution in [0.4, 0.5) is 5.69 Å². The van der Waals surface area contributed by atoms with Gasteiger partial charge < -0.3 is 14.5 Å². The lowest BCUT2D eigenvalue weighted by Crippen LogP contribution is -2.20. The van der Waals surface area contributed by atoms with Crippen molar-refractivity contribution in [3.8, 4) is 5.75 Å². The molecule has 5 nitrogen and oxygen atoms in total. The maximum Gasteiger partial charge on any atom is 0.336 e. The lowest BCUT2D eigenvalue weighted by molar-refractivity contribution is -0.118. The molecule has 0 saturated carbocycles. The van der Waals surface area contributed by atoms with Crippen molar-refractivity contribution in [3.63, 3.8) is 0 Å². The van der Waals surface area contributed by atoms with E-state index in [9.17, 15) is 9.59 Å². The Hall–Kier alpha value is -3.08. The summed E-state index contributed by atoms with van der Waals surface area (Å²) >= 11 is 0. The summed E-state index contributed by atoms with van der Waals surface area (Å²) in [5.41, 5.74) is 3.41. The molecular formula is C20H17NO4. The molecule has 126 valence electrons. The number of carbonyl (C=O) groups excluding carboxylic acids is 1. The van der Waals surface area contributed by atoms with Crippen molar-refractivity contribution in [1.82, 2.24) is 0 Å². The maximum absolute atomic E-state index is 12.1.